The largest absolute Gasteiger partial charge is 0.464 e. The number of piperidine rings is 1. The van der Waals surface area contributed by atoms with Crippen LogP contribution in [0.4, 0.5) is 5.95 Å². The number of aromatic nitrogens is 3. The molecule has 1 aliphatic rings. The zero-order valence-electron chi connectivity index (χ0n) is 11.5. The summed E-state index contributed by atoms with van der Waals surface area (Å²) in [5.41, 5.74) is 5.39. The van der Waals surface area contributed by atoms with Crippen LogP contribution in [-0.4, -0.2) is 40.1 Å². The second kappa shape index (κ2) is 6.21. The van der Waals surface area contributed by atoms with Crippen molar-refractivity contribution in [3.8, 4) is 6.01 Å². The number of amides is 1. The van der Waals surface area contributed by atoms with Crippen molar-refractivity contribution in [1.82, 2.24) is 15.0 Å². The highest BCUT2D eigenvalue weighted by Gasteiger charge is 2.30. The van der Waals surface area contributed by atoms with Crippen LogP contribution in [0.3, 0.4) is 0 Å². The lowest BCUT2D eigenvalue weighted by atomic mass is 9.93. The van der Waals surface area contributed by atoms with Crippen molar-refractivity contribution in [3.05, 3.63) is 5.28 Å². The van der Waals surface area contributed by atoms with Crippen molar-refractivity contribution in [3.63, 3.8) is 0 Å². The molecule has 8 heteroatoms. The standard InChI is InChI=1S/C12H18ClN5O2/c1-3-20-12-16-10(13)15-11(17-12)18-6-8(9(14)19)5-4-7(18)2/h7-8H,3-6H2,1-2H3,(H2,14,19). The van der Waals surface area contributed by atoms with E-state index in [0.29, 0.717) is 19.1 Å². The zero-order valence-corrected chi connectivity index (χ0v) is 12.3. The summed E-state index contributed by atoms with van der Waals surface area (Å²) in [6, 6.07) is 0.398. The number of nitrogens with zero attached hydrogens (tertiary/aromatic N) is 4. The van der Waals surface area contributed by atoms with E-state index in [2.05, 4.69) is 21.9 Å². The van der Waals surface area contributed by atoms with Gasteiger partial charge in [-0.25, -0.2) is 0 Å². The Morgan fingerprint density at radius 1 is 1.45 bits per heavy atom. The van der Waals surface area contributed by atoms with E-state index in [4.69, 9.17) is 22.1 Å². The topological polar surface area (TPSA) is 94.2 Å². The van der Waals surface area contributed by atoms with Gasteiger partial charge in [-0.05, 0) is 38.3 Å². The molecule has 2 N–H and O–H groups in total. The molecule has 110 valence electrons. The van der Waals surface area contributed by atoms with Gasteiger partial charge >= 0.3 is 6.01 Å². The molecule has 0 spiro atoms. The molecule has 7 nitrogen and oxygen atoms in total. The molecule has 1 fully saturated rings. The van der Waals surface area contributed by atoms with Gasteiger partial charge in [0.15, 0.2) is 0 Å². The second-order valence-electron chi connectivity index (χ2n) is 4.80. The summed E-state index contributed by atoms with van der Waals surface area (Å²) >= 11 is 5.89. The minimum atomic E-state index is -0.299. The van der Waals surface area contributed by atoms with Crippen LogP contribution in [-0.2, 0) is 4.79 Å². The van der Waals surface area contributed by atoms with Gasteiger partial charge in [0, 0.05) is 12.6 Å². The molecule has 0 radical (unpaired) electrons. The molecule has 0 aromatic carbocycles. The smallest absolute Gasteiger partial charge is 0.322 e. The van der Waals surface area contributed by atoms with Gasteiger partial charge in [-0.15, -0.1) is 0 Å². The maximum Gasteiger partial charge on any atom is 0.322 e. The van der Waals surface area contributed by atoms with Crippen LogP contribution < -0.4 is 15.4 Å². The first-order chi connectivity index (χ1) is 9.51. The Bertz CT molecular complexity index is 499. The number of nitrogens with two attached hydrogens (primary N) is 1. The molecule has 1 aromatic heterocycles. The van der Waals surface area contributed by atoms with E-state index in [1.807, 2.05) is 11.8 Å². The molecule has 0 aliphatic carbocycles. The zero-order chi connectivity index (χ0) is 14.7. The van der Waals surface area contributed by atoms with E-state index in [9.17, 15) is 4.79 Å². The van der Waals surface area contributed by atoms with Gasteiger partial charge < -0.3 is 15.4 Å². The van der Waals surface area contributed by atoms with Crippen molar-refractivity contribution in [2.45, 2.75) is 32.7 Å². The lowest BCUT2D eigenvalue weighted by Gasteiger charge is -2.36. The Balaban J connectivity index is 2.26. The summed E-state index contributed by atoms with van der Waals surface area (Å²) in [4.78, 5) is 25.5. The highest BCUT2D eigenvalue weighted by Crippen LogP contribution is 2.26. The number of halogens is 1. The number of ether oxygens (including phenoxy) is 1. The van der Waals surface area contributed by atoms with Crippen molar-refractivity contribution < 1.29 is 9.53 Å². The fraction of sp³-hybridized carbons (Fsp3) is 0.667. The Morgan fingerprint density at radius 2 is 2.20 bits per heavy atom. The summed E-state index contributed by atoms with van der Waals surface area (Å²) < 4.78 is 5.26. The number of carbonyl (C=O) groups is 1. The SMILES string of the molecule is CCOc1nc(Cl)nc(N2CC(C(N)=O)CCC2C)n1. The molecule has 1 amide bonds. The highest BCUT2D eigenvalue weighted by molar-refractivity contribution is 6.28. The Labute approximate surface area is 122 Å². The fourth-order valence-corrected chi connectivity index (χ4v) is 2.41. The number of rotatable bonds is 4. The third-order valence-electron chi connectivity index (χ3n) is 3.39. The Morgan fingerprint density at radius 3 is 2.85 bits per heavy atom. The van der Waals surface area contributed by atoms with Crippen molar-refractivity contribution in [1.29, 1.82) is 0 Å². The van der Waals surface area contributed by atoms with Gasteiger partial charge in [0.1, 0.15) is 0 Å². The third-order valence-corrected chi connectivity index (χ3v) is 3.56. The lowest BCUT2D eigenvalue weighted by Crippen LogP contribution is -2.46. The van der Waals surface area contributed by atoms with E-state index in [1.54, 1.807) is 0 Å². The van der Waals surface area contributed by atoms with Crippen LogP contribution >= 0.6 is 11.6 Å². The van der Waals surface area contributed by atoms with Crippen LogP contribution in [0.2, 0.25) is 5.28 Å². The van der Waals surface area contributed by atoms with E-state index in [-0.39, 0.29) is 29.2 Å². The maximum atomic E-state index is 11.4. The fourth-order valence-electron chi connectivity index (χ4n) is 2.26. The quantitative estimate of drug-likeness (QED) is 0.892. The van der Waals surface area contributed by atoms with Crippen molar-refractivity contribution >= 4 is 23.5 Å². The van der Waals surface area contributed by atoms with Crippen molar-refractivity contribution in [2.24, 2.45) is 11.7 Å². The van der Waals surface area contributed by atoms with Gasteiger partial charge in [-0.2, -0.15) is 15.0 Å². The average Bonchev–Trinajstić information content (AvgIpc) is 2.38. The molecule has 2 atom stereocenters. The summed E-state index contributed by atoms with van der Waals surface area (Å²) in [7, 11) is 0. The first-order valence-corrected chi connectivity index (χ1v) is 6.99. The summed E-state index contributed by atoms with van der Waals surface area (Å²) in [5, 5.41) is 0.0758. The molecule has 1 aliphatic heterocycles. The number of anilines is 1. The van der Waals surface area contributed by atoms with Crippen LogP contribution in [0.1, 0.15) is 26.7 Å². The minimum absolute atomic E-state index is 0.0758. The van der Waals surface area contributed by atoms with Gasteiger partial charge in [0.05, 0.1) is 12.5 Å². The lowest BCUT2D eigenvalue weighted by molar-refractivity contribution is -0.122. The molecule has 2 heterocycles. The molecule has 0 bridgehead atoms. The second-order valence-corrected chi connectivity index (χ2v) is 5.14. The van der Waals surface area contributed by atoms with Crippen molar-refractivity contribution in [2.75, 3.05) is 18.1 Å². The summed E-state index contributed by atoms with van der Waals surface area (Å²) in [6.07, 6.45) is 1.63. The summed E-state index contributed by atoms with van der Waals surface area (Å²) in [6.45, 7) is 4.82. The van der Waals surface area contributed by atoms with Crippen LogP contribution in [0, 0.1) is 5.92 Å². The number of primary amides is 1. The van der Waals surface area contributed by atoms with Gasteiger partial charge in [-0.1, -0.05) is 0 Å². The third kappa shape index (κ3) is 3.27. The summed E-state index contributed by atoms with van der Waals surface area (Å²) in [5.74, 6) is -0.0729. The van der Waals surface area contributed by atoms with Crippen LogP contribution in [0.5, 0.6) is 6.01 Å². The molecule has 0 saturated carbocycles. The minimum Gasteiger partial charge on any atom is -0.464 e. The number of hydrogen-bond acceptors (Lipinski definition) is 6. The predicted molar refractivity (Wildman–Crippen MR) is 74.7 cm³/mol. The van der Waals surface area contributed by atoms with E-state index < -0.39 is 0 Å². The van der Waals surface area contributed by atoms with Gasteiger partial charge in [0.2, 0.25) is 17.1 Å². The highest BCUT2D eigenvalue weighted by atomic mass is 35.5. The van der Waals surface area contributed by atoms with E-state index in [1.165, 1.54) is 0 Å². The van der Waals surface area contributed by atoms with Crippen LogP contribution in [0.15, 0.2) is 0 Å². The van der Waals surface area contributed by atoms with Gasteiger partial charge in [-0.3, -0.25) is 4.79 Å². The Hall–Kier alpha value is -1.63. The van der Waals surface area contributed by atoms with Crippen LogP contribution in [0.25, 0.3) is 0 Å². The maximum absolute atomic E-state index is 11.4. The Kier molecular flexibility index (Phi) is 4.59. The molecular weight excluding hydrogens is 282 g/mol. The van der Waals surface area contributed by atoms with E-state index in [0.717, 1.165) is 12.8 Å². The monoisotopic (exact) mass is 299 g/mol. The van der Waals surface area contributed by atoms with E-state index >= 15 is 0 Å². The number of carbonyl (C=O) groups excluding carboxylic acids is 1. The molecule has 2 rings (SSSR count). The molecule has 1 saturated heterocycles. The average molecular weight is 300 g/mol. The molecular formula is C12H18ClN5O2. The first kappa shape index (κ1) is 14.8. The molecule has 2 unspecified atom stereocenters. The molecule has 20 heavy (non-hydrogen) atoms. The predicted octanol–water partition coefficient (Wildman–Crippen LogP) is 1.01. The van der Waals surface area contributed by atoms with Gasteiger partial charge in [0.25, 0.3) is 0 Å². The normalized spacial score (nSPS) is 22.6. The molecule has 1 aromatic rings. The first-order valence-electron chi connectivity index (χ1n) is 6.61. The number of hydrogen-bond donors (Lipinski definition) is 1.